The van der Waals surface area contributed by atoms with Gasteiger partial charge in [0.2, 0.25) is 0 Å². The third-order valence-electron chi connectivity index (χ3n) is 3.73. The Morgan fingerprint density at radius 2 is 2.46 bits per heavy atom. The van der Waals surface area contributed by atoms with Crippen LogP contribution in [-0.4, -0.2) is 48.0 Å². The number of piperidine rings is 1. The van der Waals surface area contributed by atoms with Crippen molar-refractivity contribution in [3.63, 3.8) is 0 Å². The summed E-state index contributed by atoms with van der Waals surface area (Å²) >= 11 is 0.197. The fourth-order valence-corrected chi connectivity index (χ4v) is 3.26. The number of aromatic nitrogens is 1. The Labute approximate surface area is 181 Å². The summed E-state index contributed by atoms with van der Waals surface area (Å²) in [6, 6.07) is -4.68. The van der Waals surface area contributed by atoms with Gasteiger partial charge < -0.3 is 15.3 Å². The summed E-state index contributed by atoms with van der Waals surface area (Å²) in [5.41, 5.74) is -3.37. The van der Waals surface area contributed by atoms with E-state index in [-0.39, 0.29) is 41.8 Å². The van der Waals surface area contributed by atoms with Crippen LogP contribution in [-0.2, 0) is 0 Å². The number of thiophene rings is 1. The number of fused-ring (bicyclic) bond motifs is 1. The molecule has 1 aliphatic rings. The molecule has 0 atom stereocenters. The van der Waals surface area contributed by atoms with Crippen molar-refractivity contribution in [2.45, 2.75) is 45.4 Å². The summed E-state index contributed by atoms with van der Waals surface area (Å²) in [5, 5.41) is 2.46. The van der Waals surface area contributed by atoms with Crippen molar-refractivity contribution in [3.8, 4) is 5.75 Å². The van der Waals surface area contributed by atoms with Crippen LogP contribution in [0.4, 0.5) is 0 Å². The molecule has 1 amide bonds. The SMILES string of the molecule is [2H]Oc1c(C(=O)N([2H])C([2H])([2H])CC([2H])([2H])N2CCC([2H])([2H])CC2)c(=O)n(C([2H])(C([2H])([2H])[2H])C([2H])([2H])[2H])c2sc([2H])c([2H])c12. The smallest absolute Gasteiger partial charge is 0.293 e. The molecule has 3 heterocycles. The Hall–Kier alpha value is -1.86. The van der Waals surface area contributed by atoms with Gasteiger partial charge in [-0.2, -0.15) is 0 Å². The van der Waals surface area contributed by atoms with Crippen LogP contribution in [0, 0.1) is 0 Å². The number of carbonyl (C=O) groups is 1. The Morgan fingerprint density at radius 3 is 3.19 bits per heavy atom. The first-order valence-corrected chi connectivity index (χ1v) is 8.48. The minimum Gasteiger partial charge on any atom is -0.506 e. The van der Waals surface area contributed by atoms with Crippen molar-refractivity contribution in [3.05, 3.63) is 27.3 Å². The van der Waals surface area contributed by atoms with E-state index in [1.807, 2.05) is 0 Å². The molecule has 0 unspecified atom stereocenters. The van der Waals surface area contributed by atoms with Crippen molar-refractivity contribution < 1.29 is 31.9 Å². The maximum atomic E-state index is 13.8. The van der Waals surface area contributed by atoms with Gasteiger partial charge in [-0.25, -0.2) is 0 Å². The molecule has 2 N–H and O–H groups in total. The first-order chi connectivity index (χ1) is 19.2. The van der Waals surface area contributed by atoms with Gasteiger partial charge in [0.05, 0.1) is 9.50 Å². The lowest BCUT2D eigenvalue weighted by molar-refractivity contribution is 0.0946. The van der Waals surface area contributed by atoms with E-state index in [9.17, 15) is 9.59 Å². The van der Waals surface area contributed by atoms with Crippen molar-refractivity contribution >= 4 is 27.5 Å². The molecule has 0 aromatic carbocycles. The fraction of sp³-hybridized carbons (Fsp3) is 0.579. The van der Waals surface area contributed by atoms with Gasteiger partial charge in [-0.1, -0.05) is 6.37 Å². The summed E-state index contributed by atoms with van der Waals surface area (Å²) in [4.78, 5) is 27.7. The van der Waals surface area contributed by atoms with E-state index in [0.29, 0.717) is 0 Å². The molecule has 0 radical (unpaired) electrons. The molecule has 1 fully saturated rings. The minimum absolute atomic E-state index is 0.0707. The summed E-state index contributed by atoms with van der Waals surface area (Å²) in [5.74, 6) is -3.05. The van der Waals surface area contributed by atoms with E-state index in [1.165, 1.54) is 0 Å². The van der Waals surface area contributed by atoms with Crippen LogP contribution < -0.4 is 10.9 Å². The average molecular weight is 395 g/mol. The lowest BCUT2D eigenvalue weighted by atomic mass is 10.1. The van der Waals surface area contributed by atoms with Crippen LogP contribution in [0.1, 0.15) is 76.3 Å². The molecule has 26 heavy (non-hydrogen) atoms. The van der Waals surface area contributed by atoms with E-state index >= 15 is 0 Å². The zero-order valence-corrected chi connectivity index (χ0v) is 14.3. The molecule has 1 aliphatic heterocycles. The number of rotatable bonds is 7. The molecular weight excluding hydrogens is 350 g/mol. The molecule has 0 bridgehead atoms. The first-order valence-electron chi connectivity index (χ1n) is 16.0. The summed E-state index contributed by atoms with van der Waals surface area (Å²) in [6.45, 7) is -13.6. The Bertz CT molecular complexity index is 1440. The van der Waals surface area contributed by atoms with Crippen molar-refractivity contribution in [1.29, 1.82) is 1.43 Å². The van der Waals surface area contributed by atoms with E-state index in [4.69, 9.17) is 23.4 Å². The predicted molar refractivity (Wildman–Crippen MR) is 105 cm³/mol. The number of likely N-dealkylation sites (tertiary alicyclic amines) is 1. The number of nitrogens with zero attached hydrogens (tertiary/aromatic N) is 2. The predicted octanol–water partition coefficient (Wildman–Crippen LogP) is 2.96. The molecule has 0 saturated carbocycles. The highest BCUT2D eigenvalue weighted by Gasteiger charge is 2.23. The number of aromatic hydroxyl groups is 1. The van der Waals surface area contributed by atoms with Crippen molar-refractivity contribution in [2.24, 2.45) is 0 Å². The van der Waals surface area contributed by atoms with Crippen LogP contribution in [0.25, 0.3) is 10.2 Å². The molecule has 0 spiro atoms. The third kappa shape index (κ3) is 3.78. The molecule has 1 saturated heterocycles. The largest absolute Gasteiger partial charge is 0.506 e. The van der Waals surface area contributed by atoms with Crippen LogP contribution in [0.15, 0.2) is 16.2 Å². The number of pyridine rings is 1. The van der Waals surface area contributed by atoms with Gasteiger partial charge in [0.1, 0.15) is 16.1 Å². The van der Waals surface area contributed by atoms with E-state index in [1.54, 1.807) is 0 Å². The highest BCUT2D eigenvalue weighted by Crippen LogP contribution is 2.31. The monoisotopic (exact) mass is 394 g/mol. The molecule has 2 aromatic rings. The Balaban J connectivity index is 2.24. The highest BCUT2D eigenvalue weighted by molar-refractivity contribution is 7.16. The number of hydrogen-bond acceptors (Lipinski definition) is 5. The zero-order valence-electron chi connectivity index (χ0n) is 30.5. The van der Waals surface area contributed by atoms with Gasteiger partial charge in [-0.05, 0) is 64.0 Å². The first kappa shape index (κ1) is 6.95. The van der Waals surface area contributed by atoms with Crippen molar-refractivity contribution in [2.75, 3.05) is 26.1 Å². The molecule has 6 nitrogen and oxygen atoms in total. The van der Waals surface area contributed by atoms with Gasteiger partial charge in [0, 0.05) is 29.0 Å². The molecule has 3 rings (SSSR count). The van der Waals surface area contributed by atoms with Gasteiger partial charge in [-0.3, -0.25) is 14.2 Å². The number of hydrogen-bond donors (Lipinski definition) is 2. The molecule has 142 valence electrons. The van der Waals surface area contributed by atoms with Gasteiger partial charge in [-0.15, -0.1) is 11.3 Å². The average Bonchev–Trinajstić information content (AvgIpc) is 3.13. The zero-order chi connectivity index (χ0) is 33.3. The third-order valence-corrected chi connectivity index (χ3v) is 4.51. The van der Waals surface area contributed by atoms with Crippen LogP contribution >= 0.6 is 11.3 Å². The van der Waals surface area contributed by atoms with E-state index in [2.05, 4.69) is 5.11 Å². The highest BCUT2D eigenvalue weighted by atomic mass is 32.1. The molecule has 0 aliphatic carbocycles. The molecule has 7 heteroatoms. The van der Waals surface area contributed by atoms with E-state index in [0.717, 1.165) is 4.90 Å². The standard InChI is InChI=1S/C19H27N3O3S/c1-13(2)22-18(25)15(16(23)14-7-12-26-19(14)22)17(24)20-8-6-11-21-9-4-3-5-10-21/h7,12-13,23H,3-6,8-11H2,1-2H3,(H,20,24)/i1D3,2D3,3D2,7D,8D2,11D2,12D,13D/hD2. The Morgan fingerprint density at radius 1 is 1.65 bits per heavy atom. The molecule has 2 aromatic heterocycles. The summed E-state index contributed by atoms with van der Waals surface area (Å²) in [7, 11) is 0. The lowest BCUT2D eigenvalue weighted by Crippen LogP contribution is -2.36. The van der Waals surface area contributed by atoms with E-state index < -0.39 is 95.2 Å². The van der Waals surface area contributed by atoms with Gasteiger partial charge in [0.25, 0.3) is 12.9 Å². The number of amides is 1. The fourth-order valence-electron chi connectivity index (χ4n) is 2.50. The second-order valence-corrected chi connectivity index (χ2v) is 6.14. The number of nitrogens with one attached hydrogen (secondary N) is 1. The van der Waals surface area contributed by atoms with Crippen LogP contribution in [0.3, 0.4) is 0 Å². The van der Waals surface area contributed by atoms with Crippen LogP contribution in [0.2, 0.25) is 1.41 Å². The van der Waals surface area contributed by atoms with Gasteiger partial charge >= 0.3 is 0 Å². The second-order valence-electron chi connectivity index (χ2n) is 5.35. The van der Waals surface area contributed by atoms with Crippen LogP contribution in [0.5, 0.6) is 5.75 Å². The maximum Gasteiger partial charge on any atom is 0.293 e. The maximum absolute atomic E-state index is 13.8. The topological polar surface area (TPSA) is 74.6 Å². The van der Waals surface area contributed by atoms with Crippen molar-refractivity contribution in [1.82, 2.24) is 14.8 Å². The summed E-state index contributed by atoms with van der Waals surface area (Å²) < 4.78 is 136. The Kier molecular flexibility index (Phi) is 2.20. The lowest BCUT2D eigenvalue weighted by Gasteiger charge is -2.26. The van der Waals surface area contributed by atoms with Gasteiger partial charge in [0.15, 0.2) is 1.41 Å². The second kappa shape index (κ2) is 8.22. The normalized spacial score (nSPS) is 29.5. The molecular formula is C19H27N3O3S. The summed E-state index contributed by atoms with van der Waals surface area (Å²) in [6.07, 6.45) is -2.91. The quantitative estimate of drug-likeness (QED) is 0.757. The number of carbonyl (C=O) groups excluding carboxylic acids is 1. The minimum atomic E-state index is -3.84.